The first-order chi connectivity index (χ1) is 13.0. The van der Waals surface area contributed by atoms with Gasteiger partial charge in [0.15, 0.2) is 11.5 Å². The number of amides is 1. The Morgan fingerprint density at radius 1 is 1.00 bits per heavy atom. The van der Waals surface area contributed by atoms with E-state index in [4.69, 9.17) is 15.2 Å². The van der Waals surface area contributed by atoms with Gasteiger partial charge in [0, 0.05) is 5.69 Å². The van der Waals surface area contributed by atoms with Gasteiger partial charge in [-0.05, 0) is 55.2 Å². The Labute approximate surface area is 161 Å². The Bertz CT molecular complexity index is 729. The normalized spacial score (nSPS) is 11.7. The average Bonchev–Trinajstić information content (AvgIpc) is 2.66. The van der Waals surface area contributed by atoms with E-state index < -0.39 is 0 Å². The van der Waals surface area contributed by atoms with E-state index in [0.29, 0.717) is 25.3 Å². The van der Waals surface area contributed by atoms with Crippen LogP contribution in [0.4, 0.5) is 5.69 Å². The monoisotopic (exact) mass is 370 g/mol. The summed E-state index contributed by atoms with van der Waals surface area (Å²) in [5, 5.41) is 3.04. The zero-order chi connectivity index (χ0) is 19.6. The van der Waals surface area contributed by atoms with Crippen LogP contribution >= 0.6 is 0 Å². The van der Waals surface area contributed by atoms with Gasteiger partial charge >= 0.3 is 0 Å². The number of rotatable bonds is 10. The molecule has 3 N–H and O–H groups in total. The molecule has 146 valence electrons. The molecule has 27 heavy (non-hydrogen) atoms. The summed E-state index contributed by atoms with van der Waals surface area (Å²) in [6.07, 6.45) is 2.18. The van der Waals surface area contributed by atoms with Crippen LogP contribution < -0.4 is 20.5 Å². The highest BCUT2D eigenvalue weighted by atomic mass is 16.5. The summed E-state index contributed by atoms with van der Waals surface area (Å²) < 4.78 is 11.6. The highest BCUT2D eigenvalue weighted by molar-refractivity contribution is 5.79. The molecule has 1 amide bonds. The first-order valence-corrected chi connectivity index (χ1v) is 9.56. The summed E-state index contributed by atoms with van der Waals surface area (Å²) in [7, 11) is 0. The van der Waals surface area contributed by atoms with Crippen LogP contribution in [0.1, 0.15) is 50.8 Å². The number of nitrogen functional groups attached to an aromatic ring is 1. The third-order valence-corrected chi connectivity index (χ3v) is 4.11. The van der Waals surface area contributed by atoms with Crippen molar-refractivity contribution in [3.63, 3.8) is 0 Å². The largest absolute Gasteiger partial charge is 0.490 e. The molecule has 0 aliphatic carbocycles. The Balaban J connectivity index is 2.04. The third kappa shape index (κ3) is 6.51. The topological polar surface area (TPSA) is 73.6 Å². The van der Waals surface area contributed by atoms with Crippen molar-refractivity contribution in [2.75, 3.05) is 18.9 Å². The molecule has 0 aromatic heterocycles. The number of anilines is 1. The predicted molar refractivity (Wildman–Crippen MR) is 109 cm³/mol. The van der Waals surface area contributed by atoms with Crippen LogP contribution in [0.5, 0.6) is 11.5 Å². The maximum Gasteiger partial charge on any atom is 0.224 e. The standard InChI is InChI=1S/C22H30N2O3/c1-4-12-26-20-11-8-18(15-21(20)27-13-5-2)16(3)24-22(25)14-17-6-9-19(23)10-7-17/h6-11,15-16H,4-5,12-14,23H2,1-3H3,(H,24,25). The number of hydrogen-bond donors (Lipinski definition) is 2. The summed E-state index contributed by atoms with van der Waals surface area (Å²) in [6, 6.07) is 13.1. The second-order valence-electron chi connectivity index (χ2n) is 6.61. The van der Waals surface area contributed by atoms with Crippen LogP contribution in [0.25, 0.3) is 0 Å². The molecule has 1 unspecified atom stereocenters. The van der Waals surface area contributed by atoms with Crippen molar-refractivity contribution in [1.29, 1.82) is 0 Å². The van der Waals surface area contributed by atoms with E-state index in [1.807, 2.05) is 37.3 Å². The van der Waals surface area contributed by atoms with Crippen molar-refractivity contribution in [2.45, 2.75) is 46.1 Å². The smallest absolute Gasteiger partial charge is 0.224 e. The first-order valence-electron chi connectivity index (χ1n) is 9.56. The highest BCUT2D eigenvalue weighted by Crippen LogP contribution is 2.31. The van der Waals surface area contributed by atoms with Crippen molar-refractivity contribution >= 4 is 11.6 Å². The minimum absolute atomic E-state index is 0.0328. The molecule has 0 saturated heterocycles. The fourth-order valence-corrected chi connectivity index (χ4v) is 2.65. The van der Waals surface area contributed by atoms with Crippen LogP contribution in [-0.2, 0) is 11.2 Å². The SMILES string of the molecule is CCCOc1ccc(C(C)NC(=O)Cc2ccc(N)cc2)cc1OCCC. The molecule has 0 saturated carbocycles. The van der Waals surface area contributed by atoms with Crippen molar-refractivity contribution < 1.29 is 14.3 Å². The summed E-state index contributed by atoms with van der Waals surface area (Å²) >= 11 is 0. The molecule has 2 aromatic carbocycles. The van der Waals surface area contributed by atoms with E-state index in [-0.39, 0.29) is 11.9 Å². The highest BCUT2D eigenvalue weighted by Gasteiger charge is 2.14. The molecule has 0 aliphatic heterocycles. The first kappa shape index (κ1) is 20.6. The van der Waals surface area contributed by atoms with Gasteiger partial charge in [0.1, 0.15) is 0 Å². The van der Waals surface area contributed by atoms with Crippen LogP contribution in [0.2, 0.25) is 0 Å². The maximum absolute atomic E-state index is 12.3. The number of hydrogen-bond acceptors (Lipinski definition) is 4. The molecule has 1 atom stereocenters. The predicted octanol–water partition coefficient (Wildman–Crippen LogP) is 4.27. The molecular weight excluding hydrogens is 340 g/mol. The molecule has 0 aliphatic rings. The van der Waals surface area contributed by atoms with Crippen LogP contribution in [0, 0.1) is 0 Å². The summed E-state index contributed by atoms with van der Waals surface area (Å²) in [6.45, 7) is 7.38. The number of carbonyl (C=O) groups excluding carboxylic acids is 1. The molecule has 5 nitrogen and oxygen atoms in total. The molecule has 0 spiro atoms. The summed E-state index contributed by atoms with van der Waals surface area (Å²) in [5.41, 5.74) is 8.29. The molecule has 0 radical (unpaired) electrons. The van der Waals surface area contributed by atoms with Crippen molar-refractivity contribution in [2.24, 2.45) is 0 Å². The fourth-order valence-electron chi connectivity index (χ4n) is 2.65. The molecule has 0 bridgehead atoms. The molecule has 0 heterocycles. The van der Waals surface area contributed by atoms with Gasteiger partial charge in [-0.15, -0.1) is 0 Å². The molecule has 2 aromatic rings. The van der Waals surface area contributed by atoms with Gasteiger partial charge in [-0.25, -0.2) is 0 Å². The Morgan fingerprint density at radius 2 is 1.63 bits per heavy atom. The second kappa shape index (κ2) is 10.5. The van der Waals surface area contributed by atoms with Crippen molar-refractivity contribution in [1.82, 2.24) is 5.32 Å². The molecule has 2 rings (SSSR count). The quantitative estimate of drug-likeness (QED) is 0.613. The fraction of sp³-hybridized carbons (Fsp3) is 0.409. The van der Waals surface area contributed by atoms with E-state index in [1.54, 1.807) is 12.1 Å². The van der Waals surface area contributed by atoms with Crippen LogP contribution in [0.15, 0.2) is 42.5 Å². The lowest BCUT2D eigenvalue weighted by Gasteiger charge is -2.18. The van der Waals surface area contributed by atoms with Gasteiger partial charge < -0.3 is 20.5 Å². The summed E-state index contributed by atoms with van der Waals surface area (Å²) in [5.74, 6) is 1.44. The third-order valence-electron chi connectivity index (χ3n) is 4.11. The van der Waals surface area contributed by atoms with E-state index in [2.05, 4.69) is 19.2 Å². The van der Waals surface area contributed by atoms with Crippen molar-refractivity contribution in [3.05, 3.63) is 53.6 Å². The van der Waals surface area contributed by atoms with E-state index in [0.717, 1.165) is 35.5 Å². The number of carbonyl (C=O) groups is 1. The molecular formula is C22H30N2O3. The number of benzene rings is 2. The lowest BCUT2D eigenvalue weighted by atomic mass is 10.1. The molecule has 5 heteroatoms. The van der Waals surface area contributed by atoms with Gasteiger partial charge in [0.25, 0.3) is 0 Å². The van der Waals surface area contributed by atoms with Gasteiger partial charge in [-0.1, -0.05) is 32.0 Å². The van der Waals surface area contributed by atoms with E-state index in [1.165, 1.54) is 0 Å². The molecule has 0 fully saturated rings. The van der Waals surface area contributed by atoms with Crippen LogP contribution in [-0.4, -0.2) is 19.1 Å². The minimum Gasteiger partial charge on any atom is -0.490 e. The van der Waals surface area contributed by atoms with E-state index >= 15 is 0 Å². The van der Waals surface area contributed by atoms with Gasteiger partial charge in [-0.2, -0.15) is 0 Å². The van der Waals surface area contributed by atoms with E-state index in [9.17, 15) is 4.79 Å². The average molecular weight is 370 g/mol. The van der Waals surface area contributed by atoms with Gasteiger partial charge in [0.05, 0.1) is 25.7 Å². The zero-order valence-electron chi connectivity index (χ0n) is 16.5. The van der Waals surface area contributed by atoms with Crippen molar-refractivity contribution in [3.8, 4) is 11.5 Å². The van der Waals surface area contributed by atoms with Gasteiger partial charge in [0.2, 0.25) is 5.91 Å². The Hall–Kier alpha value is -2.69. The van der Waals surface area contributed by atoms with Crippen LogP contribution in [0.3, 0.4) is 0 Å². The Morgan fingerprint density at radius 3 is 2.26 bits per heavy atom. The Kier molecular flexibility index (Phi) is 7.99. The minimum atomic E-state index is -0.129. The lowest BCUT2D eigenvalue weighted by Crippen LogP contribution is -2.28. The maximum atomic E-state index is 12.3. The number of nitrogens with one attached hydrogen (secondary N) is 1. The number of nitrogens with two attached hydrogens (primary N) is 1. The van der Waals surface area contributed by atoms with Gasteiger partial charge in [-0.3, -0.25) is 4.79 Å². The summed E-state index contributed by atoms with van der Waals surface area (Å²) in [4.78, 5) is 12.3. The second-order valence-corrected chi connectivity index (χ2v) is 6.61. The lowest BCUT2D eigenvalue weighted by molar-refractivity contribution is -0.121. The zero-order valence-corrected chi connectivity index (χ0v) is 16.5. The number of ether oxygens (including phenoxy) is 2.